The molecule has 0 amide bonds. The van der Waals surface area contributed by atoms with Crippen molar-refractivity contribution in [3.8, 4) is 0 Å². The molecule has 0 spiro atoms. The molecule has 2 aliphatic rings. The second-order valence-corrected chi connectivity index (χ2v) is 6.64. The van der Waals surface area contributed by atoms with Crippen LogP contribution in [0.4, 0.5) is 0 Å². The summed E-state index contributed by atoms with van der Waals surface area (Å²) < 4.78 is 0. The van der Waals surface area contributed by atoms with Gasteiger partial charge in [-0.1, -0.05) is 30.2 Å². The van der Waals surface area contributed by atoms with Crippen molar-refractivity contribution in [1.29, 1.82) is 0 Å². The van der Waals surface area contributed by atoms with E-state index in [0.717, 1.165) is 17.8 Å². The van der Waals surface area contributed by atoms with Crippen LogP contribution >= 0.6 is 0 Å². The van der Waals surface area contributed by atoms with Crippen molar-refractivity contribution in [2.45, 2.75) is 52.0 Å². The lowest BCUT2D eigenvalue weighted by Gasteiger charge is -2.25. The summed E-state index contributed by atoms with van der Waals surface area (Å²) in [5, 5.41) is 0. The van der Waals surface area contributed by atoms with E-state index < -0.39 is 0 Å². The molecule has 1 aromatic rings. The lowest BCUT2D eigenvalue weighted by atomic mass is 9.82. The van der Waals surface area contributed by atoms with Crippen LogP contribution in [-0.2, 0) is 0 Å². The minimum absolute atomic E-state index is 0.245. The van der Waals surface area contributed by atoms with E-state index >= 15 is 0 Å². The van der Waals surface area contributed by atoms with E-state index in [-0.39, 0.29) is 6.04 Å². The Morgan fingerprint density at radius 2 is 2.06 bits per heavy atom. The highest BCUT2D eigenvalue weighted by molar-refractivity contribution is 5.32. The molecule has 3 rings (SSSR count). The quantitative estimate of drug-likeness (QED) is 0.848. The zero-order chi connectivity index (χ0) is 12.7. The first-order valence-corrected chi connectivity index (χ1v) is 7.46. The average molecular weight is 243 g/mol. The molecule has 0 heterocycles. The molecule has 0 saturated heterocycles. The topological polar surface area (TPSA) is 26.0 Å². The van der Waals surface area contributed by atoms with E-state index in [1.807, 2.05) is 0 Å². The number of aryl methyl sites for hydroxylation is 2. The maximum Gasteiger partial charge on any atom is 0.0300 e. The van der Waals surface area contributed by atoms with Crippen molar-refractivity contribution in [3.05, 3.63) is 34.9 Å². The molecule has 18 heavy (non-hydrogen) atoms. The molecular weight excluding hydrogens is 218 g/mol. The van der Waals surface area contributed by atoms with Crippen molar-refractivity contribution in [2.75, 3.05) is 0 Å². The van der Waals surface area contributed by atoms with E-state index in [0.29, 0.717) is 0 Å². The maximum absolute atomic E-state index is 6.48. The summed E-state index contributed by atoms with van der Waals surface area (Å²) in [6.45, 7) is 4.35. The van der Waals surface area contributed by atoms with Gasteiger partial charge >= 0.3 is 0 Å². The Morgan fingerprint density at radius 3 is 2.72 bits per heavy atom. The Morgan fingerprint density at radius 1 is 1.22 bits per heavy atom. The molecular formula is C17H25N. The van der Waals surface area contributed by atoms with E-state index in [9.17, 15) is 0 Å². The number of fused-ring (bicyclic) bond motifs is 2. The fraction of sp³-hybridized carbons (Fsp3) is 0.647. The average Bonchev–Trinajstić information content (AvgIpc) is 2.94. The third-order valence-corrected chi connectivity index (χ3v) is 5.28. The number of nitrogens with two attached hydrogens (primary N) is 1. The Bertz CT molecular complexity index is 437. The number of benzene rings is 1. The zero-order valence-corrected chi connectivity index (χ0v) is 11.7. The largest absolute Gasteiger partial charge is 0.324 e. The standard InChI is InChI=1S/C17H25N/c1-11-3-4-12(2)16(7-11)17(18)10-15-9-13-5-6-14(15)8-13/h3-4,7,13-15,17H,5-6,8-10,18H2,1-2H3. The zero-order valence-electron chi connectivity index (χ0n) is 11.7. The van der Waals surface area contributed by atoms with Gasteiger partial charge in [0.2, 0.25) is 0 Å². The molecule has 2 bridgehead atoms. The molecule has 4 atom stereocenters. The molecule has 0 aliphatic heterocycles. The van der Waals surface area contributed by atoms with Gasteiger partial charge in [0.15, 0.2) is 0 Å². The first-order chi connectivity index (χ1) is 8.63. The second kappa shape index (κ2) is 4.70. The van der Waals surface area contributed by atoms with Gasteiger partial charge in [0.1, 0.15) is 0 Å². The summed E-state index contributed by atoms with van der Waals surface area (Å²) in [4.78, 5) is 0. The Hall–Kier alpha value is -0.820. The molecule has 2 aliphatic carbocycles. The molecule has 2 saturated carbocycles. The van der Waals surface area contributed by atoms with Gasteiger partial charge in [-0.25, -0.2) is 0 Å². The normalized spacial score (nSPS) is 31.8. The number of hydrogen-bond donors (Lipinski definition) is 1. The van der Waals surface area contributed by atoms with Crippen molar-refractivity contribution in [2.24, 2.45) is 23.5 Å². The first kappa shape index (κ1) is 12.2. The predicted molar refractivity (Wildman–Crippen MR) is 76.4 cm³/mol. The van der Waals surface area contributed by atoms with Crippen LogP contribution in [-0.4, -0.2) is 0 Å². The minimum atomic E-state index is 0.245. The van der Waals surface area contributed by atoms with Crippen LogP contribution in [0, 0.1) is 31.6 Å². The van der Waals surface area contributed by atoms with E-state index in [4.69, 9.17) is 5.73 Å². The number of rotatable bonds is 3. The van der Waals surface area contributed by atoms with Crippen LogP contribution in [0.1, 0.15) is 54.8 Å². The monoisotopic (exact) mass is 243 g/mol. The second-order valence-electron chi connectivity index (χ2n) is 6.64. The van der Waals surface area contributed by atoms with Crippen LogP contribution < -0.4 is 5.73 Å². The van der Waals surface area contributed by atoms with Gasteiger partial charge in [0.05, 0.1) is 0 Å². The summed E-state index contributed by atoms with van der Waals surface area (Å²) in [7, 11) is 0. The molecule has 2 fully saturated rings. The van der Waals surface area contributed by atoms with Crippen molar-refractivity contribution >= 4 is 0 Å². The highest BCUT2D eigenvalue weighted by atomic mass is 14.6. The van der Waals surface area contributed by atoms with Gasteiger partial charge in [0.25, 0.3) is 0 Å². The summed E-state index contributed by atoms with van der Waals surface area (Å²) >= 11 is 0. The highest BCUT2D eigenvalue weighted by Crippen LogP contribution is 2.50. The van der Waals surface area contributed by atoms with Gasteiger partial charge in [-0.2, -0.15) is 0 Å². The Balaban J connectivity index is 1.71. The molecule has 4 unspecified atom stereocenters. The molecule has 1 heteroatoms. The predicted octanol–water partition coefficient (Wildman–Crippen LogP) is 4.13. The minimum Gasteiger partial charge on any atom is -0.324 e. The van der Waals surface area contributed by atoms with Crippen LogP contribution in [0.5, 0.6) is 0 Å². The van der Waals surface area contributed by atoms with Gasteiger partial charge in [0, 0.05) is 6.04 Å². The van der Waals surface area contributed by atoms with E-state index in [1.165, 1.54) is 48.8 Å². The fourth-order valence-electron chi connectivity index (χ4n) is 4.28. The summed E-state index contributed by atoms with van der Waals surface area (Å²) in [6, 6.07) is 6.93. The highest BCUT2D eigenvalue weighted by Gasteiger charge is 2.39. The lowest BCUT2D eigenvalue weighted by Crippen LogP contribution is -2.20. The third kappa shape index (κ3) is 2.21. The van der Waals surface area contributed by atoms with Gasteiger partial charge < -0.3 is 5.73 Å². The van der Waals surface area contributed by atoms with Gasteiger partial charge in [-0.3, -0.25) is 0 Å². The molecule has 2 N–H and O–H groups in total. The van der Waals surface area contributed by atoms with Crippen molar-refractivity contribution in [3.63, 3.8) is 0 Å². The van der Waals surface area contributed by atoms with Crippen LogP contribution in [0.15, 0.2) is 18.2 Å². The first-order valence-electron chi connectivity index (χ1n) is 7.46. The fourth-order valence-corrected chi connectivity index (χ4v) is 4.28. The lowest BCUT2D eigenvalue weighted by molar-refractivity contribution is 0.296. The van der Waals surface area contributed by atoms with Gasteiger partial charge in [-0.05, 0) is 68.4 Å². The SMILES string of the molecule is Cc1ccc(C)c(C(N)CC2CC3CCC2C3)c1. The molecule has 0 aromatic heterocycles. The summed E-state index contributed by atoms with van der Waals surface area (Å²) in [6.07, 6.45) is 7.09. The van der Waals surface area contributed by atoms with Crippen LogP contribution in [0.25, 0.3) is 0 Å². The van der Waals surface area contributed by atoms with Crippen LogP contribution in [0.3, 0.4) is 0 Å². The number of hydrogen-bond acceptors (Lipinski definition) is 1. The molecule has 1 aromatic carbocycles. The maximum atomic E-state index is 6.48. The molecule has 1 nitrogen and oxygen atoms in total. The van der Waals surface area contributed by atoms with Crippen LogP contribution in [0.2, 0.25) is 0 Å². The summed E-state index contributed by atoms with van der Waals surface area (Å²) in [5.74, 6) is 2.93. The molecule has 0 radical (unpaired) electrons. The smallest absolute Gasteiger partial charge is 0.0300 e. The Kier molecular flexibility index (Phi) is 3.19. The molecule has 98 valence electrons. The summed E-state index contributed by atoms with van der Waals surface area (Å²) in [5.41, 5.74) is 10.5. The van der Waals surface area contributed by atoms with E-state index in [1.54, 1.807) is 0 Å². The Labute approximate surface area is 111 Å². The van der Waals surface area contributed by atoms with Crippen molar-refractivity contribution < 1.29 is 0 Å². The third-order valence-electron chi connectivity index (χ3n) is 5.28. The van der Waals surface area contributed by atoms with Gasteiger partial charge in [-0.15, -0.1) is 0 Å². The van der Waals surface area contributed by atoms with E-state index in [2.05, 4.69) is 32.0 Å². The van der Waals surface area contributed by atoms with Crippen molar-refractivity contribution in [1.82, 2.24) is 0 Å².